The van der Waals surface area contributed by atoms with Crippen molar-refractivity contribution >= 4 is 17.6 Å². The fraction of sp³-hybridized carbons (Fsp3) is 0.176. The van der Waals surface area contributed by atoms with Crippen LogP contribution in [0.5, 0.6) is 5.75 Å². The van der Waals surface area contributed by atoms with Gasteiger partial charge in [-0.1, -0.05) is 12.1 Å². The molecule has 2 aromatic rings. The molecule has 0 aliphatic heterocycles. The Balaban J connectivity index is 2.04. The lowest BCUT2D eigenvalue weighted by molar-refractivity contribution is -0.119. The second-order valence-electron chi connectivity index (χ2n) is 5.55. The van der Waals surface area contributed by atoms with Gasteiger partial charge in [-0.3, -0.25) is 25.4 Å². The van der Waals surface area contributed by atoms with Gasteiger partial charge in [0.2, 0.25) is 0 Å². The number of pyridine rings is 1. The Morgan fingerprint density at radius 3 is 2.62 bits per heavy atom. The third-order valence-electron chi connectivity index (χ3n) is 3.37. The SMILES string of the molecule is Cc1cncc(C(=O)NNCc2ccc(C(=N)N)cc2OCC(N)=O)c1. The van der Waals surface area contributed by atoms with Crippen molar-refractivity contribution in [2.45, 2.75) is 13.5 Å². The second-order valence-corrected chi connectivity index (χ2v) is 5.55. The summed E-state index contributed by atoms with van der Waals surface area (Å²) in [5.74, 6) is -0.747. The first-order valence-electron chi connectivity index (χ1n) is 7.70. The number of hydrazine groups is 1. The summed E-state index contributed by atoms with van der Waals surface area (Å²) in [6, 6.07) is 6.57. The summed E-state index contributed by atoms with van der Waals surface area (Å²) in [4.78, 5) is 27.0. The third-order valence-corrected chi connectivity index (χ3v) is 3.37. The summed E-state index contributed by atoms with van der Waals surface area (Å²) in [7, 11) is 0. The van der Waals surface area contributed by atoms with Crippen molar-refractivity contribution in [3.8, 4) is 5.75 Å². The van der Waals surface area contributed by atoms with E-state index in [1.165, 1.54) is 12.3 Å². The molecule has 0 unspecified atom stereocenters. The van der Waals surface area contributed by atoms with Crippen LogP contribution in [0.4, 0.5) is 0 Å². The highest BCUT2D eigenvalue weighted by atomic mass is 16.5. The lowest BCUT2D eigenvalue weighted by atomic mass is 10.1. The van der Waals surface area contributed by atoms with E-state index < -0.39 is 5.91 Å². The smallest absolute Gasteiger partial charge is 0.266 e. The molecule has 9 nitrogen and oxygen atoms in total. The Kier molecular flexibility index (Phi) is 6.23. The third kappa shape index (κ3) is 5.28. The Morgan fingerprint density at radius 2 is 1.96 bits per heavy atom. The molecular weight excluding hydrogens is 336 g/mol. The van der Waals surface area contributed by atoms with Crippen LogP contribution in [0.25, 0.3) is 0 Å². The quantitative estimate of drug-likeness (QED) is 0.254. The first-order valence-corrected chi connectivity index (χ1v) is 7.70. The van der Waals surface area contributed by atoms with Crippen molar-refractivity contribution in [2.24, 2.45) is 11.5 Å². The number of amidine groups is 1. The number of nitrogen functional groups attached to an aromatic ring is 1. The van der Waals surface area contributed by atoms with Crippen LogP contribution < -0.4 is 27.1 Å². The number of nitrogens with zero attached hydrogens (tertiary/aromatic N) is 1. The maximum atomic E-state index is 12.1. The Bertz CT molecular complexity index is 837. The predicted molar refractivity (Wildman–Crippen MR) is 95.4 cm³/mol. The van der Waals surface area contributed by atoms with Gasteiger partial charge >= 0.3 is 0 Å². The average molecular weight is 356 g/mol. The number of amides is 2. The van der Waals surface area contributed by atoms with E-state index in [2.05, 4.69) is 15.8 Å². The number of hydrogen-bond donors (Lipinski definition) is 5. The minimum absolute atomic E-state index is 0.131. The maximum absolute atomic E-state index is 12.1. The fourth-order valence-electron chi connectivity index (χ4n) is 2.12. The number of benzene rings is 1. The van der Waals surface area contributed by atoms with E-state index in [1.54, 1.807) is 24.4 Å². The molecule has 0 aliphatic rings. The van der Waals surface area contributed by atoms with Gasteiger partial charge in [-0.2, -0.15) is 0 Å². The van der Waals surface area contributed by atoms with E-state index in [4.69, 9.17) is 21.6 Å². The number of carbonyl (C=O) groups excluding carboxylic acids is 2. The Labute approximate surface area is 150 Å². The molecule has 0 spiro atoms. The average Bonchev–Trinajstić information content (AvgIpc) is 2.60. The van der Waals surface area contributed by atoms with Crippen molar-refractivity contribution in [3.63, 3.8) is 0 Å². The Hall–Kier alpha value is -3.46. The van der Waals surface area contributed by atoms with Crippen LogP contribution in [0.1, 0.15) is 27.0 Å². The lowest BCUT2D eigenvalue weighted by Crippen LogP contribution is -2.37. The highest BCUT2D eigenvalue weighted by molar-refractivity contribution is 5.95. The van der Waals surface area contributed by atoms with E-state index in [9.17, 15) is 9.59 Å². The maximum Gasteiger partial charge on any atom is 0.266 e. The zero-order chi connectivity index (χ0) is 19.1. The van der Waals surface area contributed by atoms with E-state index in [0.29, 0.717) is 22.4 Å². The number of aromatic nitrogens is 1. The predicted octanol–water partition coefficient (Wildman–Crippen LogP) is -0.0272. The molecule has 2 amide bonds. The highest BCUT2D eigenvalue weighted by Crippen LogP contribution is 2.20. The molecular formula is C17H20N6O3. The summed E-state index contributed by atoms with van der Waals surface area (Å²) in [6.07, 6.45) is 3.12. The number of rotatable bonds is 8. The van der Waals surface area contributed by atoms with Crippen LogP contribution in [0.15, 0.2) is 36.7 Å². The molecule has 1 aromatic heterocycles. The van der Waals surface area contributed by atoms with Gasteiger partial charge in [0.25, 0.3) is 11.8 Å². The van der Waals surface area contributed by atoms with Gasteiger partial charge in [0, 0.05) is 30.1 Å². The van der Waals surface area contributed by atoms with Crippen molar-refractivity contribution in [1.82, 2.24) is 15.8 Å². The largest absolute Gasteiger partial charge is 0.483 e. The van der Waals surface area contributed by atoms with Crippen LogP contribution in [0.2, 0.25) is 0 Å². The fourth-order valence-corrected chi connectivity index (χ4v) is 2.12. The van der Waals surface area contributed by atoms with Crippen LogP contribution in [-0.2, 0) is 11.3 Å². The van der Waals surface area contributed by atoms with Crippen molar-refractivity contribution < 1.29 is 14.3 Å². The monoisotopic (exact) mass is 356 g/mol. The second kappa shape index (κ2) is 8.58. The molecule has 0 saturated heterocycles. The zero-order valence-electron chi connectivity index (χ0n) is 14.2. The molecule has 0 fully saturated rings. The van der Waals surface area contributed by atoms with Gasteiger partial charge in [0.15, 0.2) is 6.61 Å². The van der Waals surface area contributed by atoms with Crippen LogP contribution in [-0.4, -0.2) is 29.2 Å². The lowest BCUT2D eigenvalue weighted by Gasteiger charge is -2.13. The van der Waals surface area contributed by atoms with E-state index in [0.717, 1.165) is 5.56 Å². The molecule has 1 heterocycles. The van der Waals surface area contributed by atoms with Gasteiger partial charge < -0.3 is 16.2 Å². The summed E-state index contributed by atoms with van der Waals surface area (Å²) in [6.45, 7) is 1.75. The van der Waals surface area contributed by atoms with Gasteiger partial charge in [0.05, 0.1) is 5.56 Å². The molecule has 26 heavy (non-hydrogen) atoms. The first kappa shape index (κ1) is 18.9. The minimum Gasteiger partial charge on any atom is -0.483 e. The van der Waals surface area contributed by atoms with E-state index >= 15 is 0 Å². The van der Waals surface area contributed by atoms with Crippen molar-refractivity contribution in [2.75, 3.05) is 6.61 Å². The van der Waals surface area contributed by atoms with Gasteiger partial charge in [0.1, 0.15) is 11.6 Å². The molecule has 1 aromatic carbocycles. The molecule has 0 saturated carbocycles. The molecule has 2 rings (SSSR count). The number of nitrogens with two attached hydrogens (primary N) is 2. The zero-order valence-corrected chi connectivity index (χ0v) is 14.2. The van der Waals surface area contributed by atoms with Crippen LogP contribution in [0, 0.1) is 12.3 Å². The summed E-state index contributed by atoms with van der Waals surface area (Å²) < 4.78 is 5.36. The number of aryl methyl sites for hydroxylation is 1. The topological polar surface area (TPSA) is 156 Å². The number of primary amides is 1. The molecule has 0 atom stereocenters. The highest BCUT2D eigenvalue weighted by Gasteiger charge is 2.10. The molecule has 9 heteroatoms. The van der Waals surface area contributed by atoms with Crippen LogP contribution in [0.3, 0.4) is 0 Å². The number of carbonyl (C=O) groups is 2. The normalized spacial score (nSPS) is 10.2. The summed E-state index contributed by atoms with van der Waals surface area (Å²) in [5, 5.41) is 7.48. The molecule has 136 valence electrons. The summed E-state index contributed by atoms with van der Waals surface area (Å²) in [5.41, 5.74) is 18.3. The standard InChI is InChI=1S/C17H20N6O3/c1-10-4-13(7-21-6-10)17(25)23-22-8-12-3-2-11(16(19)20)5-14(12)26-9-15(18)24/h2-7,22H,8-9H2,1H3,(H2,18,24)(H3,19,20)(H,23,25). The molecule has 0 radical (unpaired) electrons. The van der Waals surface area contributed by atoms with Crippen molar-refractivity contribution in [3.05, 3.63) is 58.9 Å². The van der Waals surface area contributed by atoms with E-state index in [-0.39, 0.29) is 24.9 Å². The number of hydrogen-bond acceptors (Lipinski definition) is 6. The van der Waals surface area contributed by atoms with Crippen LogP contribution >= 0.6 is 0 Å². The molecule has 7 N–H and O–H groups in total. The minimum atomic E-state index is -0.627. The number of nitrogens with one attached hydrogen (secondary N) is 3. The molecule has 0 bridgehead atoms. The summed E-state index contributed by atoms with van der Waals surface area (Å²) >= 11 is 0. The van der Waals surface area contributed by atoms with Gasteiger partial charge in [-0.25, -0.2) is 5.43 Å². The van der Waals surface area contributed by atoms with E-state index in [1.807, 2.05) is 6.92 Å². The number of ether oxygens (including phenoxy) is 1. The van der Waals surface area contributed by atoms with Crippen molar-refractivity contribution in [1.29, 1.82) is 5.41 Å². The molecule has 0 aliphatic carbocycles. The Morgan fingerprint density at radius 1 is 1.19 bits per heavy atom. The van der Waals surface area contributed by atoms with Gasteiger partial charge in [-0.15, -0.1) is 0 Å². The van der Waals surface area contributed by atoms with Gasteiger partial charge in [-0.05, 0) is 24.6 Å². The first-order chi connectivity index (χ1) is 12.4.